The molecule has 0 aromatic carbocycles. The van der Waals surface area contributed by atoms with Gasteiger partial charge in [0.15, 0.2) is 0 Å². The molecule has 0 amide bonds. The van der Waals surface area contributed by atoms with E-state index in [-0.39, 0.29) is 0 Å². The van der Waals surface area contributed by atoms with Gasteiger partial charge in [0.05, 0.1) is 26.4 Å². The maximum absolute atomic E-state index is 5.37. The molecule has 0 aliphatic carbocycles. The van der Waals surface area contributed by atoms with Gasteiger partial charge in [-0.05, 0) is 6.07 Å². The number of hydrogen-bond acceptors (Lipinski definition) is 5. The van der Waals surface area contributed by atoms with Crippen molar-refractivity contribution >= 4 is 12.2 Å². The molecule has 1 aromatic heterocycles. The van der Waals surface area contributed by atoms with Gasteiger partial charge in [-0.3, -0.25) is 0 Å². The summed E-state index contributed by atoms with van der Waals surface area (Å²) in [5.74, 6) is 0.821. The van der Waals surface area contributed by atoms with Gasteiger partial charge in [-0.25, -0.2) is 4.98 Å². The zero-order chi connectivity index (χ0) is 12.5. The molecule has 0 bridgehead atoms. The third kappa shape index (κ3) is 5.88. The minimum Gasteiger partial charge on any atom is -0.382 e. The van der Waals surface area contributed by atoms with Gasteiger partial charge in [0, 0.05) is 26.3 Å². The normalized spacial score (nSPS) is 10.7. The molecule has 5 nitrogen and oxygen atoms in total. The second-order valence-electron chi connectivity index (χ2n) is 3.48. The van der Waals surface area contributed by atoms with E-state index < -0.39 is 0 Å². The second-order valence-corrected chi connectivity index (χ2v) is 3.90. The Morgan fingerprint density at radius 2 is 2.06 bits per heavy atom. The molecule has 0 radical (unpaired) electrons. The smallest absolute Gasteiger partial charge is 0.130 e. The number of nitrogens with zero attached hydrogens (tertiary/aromatic N) is 1. The molecule has 0 spiro atoms. The third-order valence-corrected chi connectivity index (χ3v) is 2.27. The molecule has 1 rings (SSSR count). The Bertz CT molecular complexity index is 381. The first-order chi connectivity index (χ1) is 8.26. The highest BCUT2D eigenvalue weighted by Crippen LogP contribution is 2.00. The summed E-state index contributed by atoms with van der Waals surface area (Å²) in [4.78, 5) is 7.39. The number of aromatic amines is 1. The van der Waals surface area contributed by atoms with Crippen LogP contribution in [0.5, 0.6) is 0 Å². The molecular weight excluding hydrogens is 240 g/mol. The van der Waals surface area contributed by atoms with Crippen molar-refractivity contribution in [3.05, 3.63) is 22.2 Å². The maximum atomic E-state index is 5.37. The van der Waals surface area contributed by atoms with E-state index in [1.807, 2.05) is 0 Å². The number of nitrogens with one attached hydrogen (secondary N) is 1. The third-order valence-electron chi connectivity index (χ3n) is 2.06. The maximum Gasteiger partial charge on any atom is 0.130 e. The molecule has 0 aliphatic heterocycles. The second kappa shape index (κ2) is 8.30. The molecule has 0 saturated carbocycles. The SMILES string of the molecule is COCCOCCc1nc(=S)cc(COC)[nH]1. The lowest BCUT2D eigenvalue weighted by Gasteiger charge is -2.06. The van der Waals surface area contributed by atoms with Gasteiger partial charge in [-0.15, -0.1) is 0 Å². The minimum atomic E-state index is 0.504. The number of H-pyrrole nitrogens is 1. The van der Waals surface area contributed by atoms with Crippen molar-refractivity contribution in [1.82, 2.24) is 9.97 Å². The van der Waals surface area contributed by atoms with Crippen molar-refractivity contribution in [2.45, 2.75) is 13.0 Å². The van der Waals surface area contributed by atoms with E-state index in [0.29, 0.717) is 37.5 Å². The highest BCUT2D eigenvalue weighted by molar-refractivity contribution is 7.71. The van der Waals surface area contributed by atoms with Crippen LogP contribution >= 0.6 is 12.2 Å². The Labute approximate surface area is 106 Å². The van der Waals surface area contributed by atoms with Crippen LogP contribution in [0, 0.1) is 4.64 Å². The number of hydrogen-bond donors (Lipinski definition) is 1. The van der Waals surface area contributed by atoms with Gasteiger partial charge in [0.1, 0.15) is 10.5 Å². The fraction of sp³-hybridized carbons (Fsp3) is 0.636. The fourth-order valence-electron chi connectivity index (χ4n) is 1.33. The predicted octanol–water partition coefficient (Wildman–Crippen LogP) is 1.49. The molecule has 0 saturated heterocycles. The van der Waals surface area contributed by atoms with E-state index >= 15 is 0 Å². The van der Waals surface area contributed by atoms with Gasteiger partial charge < -0.3 is 19.2 Å². The largest absolute Gasteiger partial charge is 0.382 e. The summed E-state index contributed by atoms with van der Waals surface area (Å²) in [7, 11) is 3.29. The van der Waals surface area contributed by atoms with E-state index in [1.54, 1.807) is 20.3 Å². The molecule has 0 fully saturated rings. The predicted molar refractivity (Wildman–Crippen MR) is 66.5 cm³/mol. The van der Waals surface area contributed by atoms with Gasteiger partial charge in [-0.2, -0.15) is 0 Å². The van der Waals surface area contributed by atoms with Gasteiger partial charge in [-0.1, -0.05) is 12.2 Å². The molecule has 1 heterocycles. The zero-order valence-electron chi connectivity index (χ0n) is 10.2. The first kappa shape index (κ1) is 14.2. The molecular formula is C11H18N2O3S. The lowest BCUT2D eigenvalue weighted by Crippen LogP contribution is -2.08. The number of rotatable bonds is 8. The summed E-state index contributed by atoms with van der Waals surface area (Å²) in [6.45, 7) is 2.30. The summed E-state index contributed by atoms with van der Waals surface area (Å²) in [5, 5.41) is 0. The van der Waals surface area contributed by atoms with E-state index in [9.17, 15) is 0 Å². The van der Waals surface area contributed by atoms with E-state index in [0.717, 1.165) is 11.5 Å². The van der Waals surface area contributed by atoms with Crippen LogP contribution in [0.4, 0.5) is 0 Å². The molecule has 1 N–H and O–H groups in total. The van der Waals surface area contributed by atoms with Crippen molar-refractivity contribution in [1.29, 1.82) is 0 Å². The molecule has 6 heteroatoms. The van der Waals surface area contributed by atoms with Crippen molar-refractivity contribution in [2.75, 3.05) is 34.0 Å². The van der Waals surface area contributed by atoms with Crippen LogP contribution in [0.25, 0.3) is 0 Å². The van der Waals surface area contributed by atoms with Crippen LogP contribution in [-0.2, 0) is 27.2 Å². The van der Waals surface area contributed by atoms with Crippen LogP contribution in [0.2, 0.25) is 0 Å². The van der Waals surface area contributed by atoms with Crippen molar-refractivity contribution in [3.63, 3.8) is 0 Å². The first-order valence-electron chi connectivity index (χ1n) is 5.41. The number of ether oxygens (including phenoxy) is 3. The molecule has 0 aliphatic rings. The Hall–Kier alpha value is -0.820. The fourth-order valence-corrected chi connectivity index (χ4v) is 1.58. The summed E-state index contributed by atoms with van der Waals surface area (Å²) >= 11 is 5.07. The summed E-state index contributed by atoms with van der Waals surface area (Å²) in [6.07, 6.45) is 0.699. The standard InChI is InChI=1S/C11H18N2O3S/c1-14-5-6-16-4-3-10-12-9(8-15-2)7-11(17)13-10/h7H,3-6,8H2,1-2H3,(H,12,13,17). The van der Waals surface area contributed by atoms with E-state index in [2.05, 4.69) is 9.97 Å². The quantitative estimate of drug-likeness (QED) is 0.565. The molecule has 96 valence electrons. The van der Waals surface area contributed by atoms with Gasteiger partial charge in [0.25, 0.3) is 0 Å². The van der Waals surface area contributed by atoms with E-state index in [1.165, 1.54) is 0 Å². The Kier molecular flexibility index (Phi) is 6.95. The summed E-state index contributed by atoms with van der Waals surface area (Å²) in [5.41, 5.74) is 0.930. The topological polar surface area (TPSA) is 56.4 Å². The average Bonchev–Trinajstić information content (AvgIpc) is 2.28. The summed E-state index contributed by atoms with van der Waals surface area (Å²) < 4.78 is 15.9. The van der Waals surface area contributed by atoms with Crippen LogP contribution in [0.3, 0.4) is 0 Å². The number of aromatic nitrogens is 2. The Morgan fingerprint density at radius 3 is 2.76 bits per heavy atom. The Balaban J connectivity index is 2.44. The molecule has 1 aromatic rings. The lowest BCUT2D eigenvalue weighted by molar-refractivity contribution is 0.0715. The Morgan fingerprint density at radius 1 is 1.24 bits per heavy atom. The monoisotopic (exact) mass is 258 g/mol. The molecule has 17 heavy (non-hydrogen) atoms. The highest BCUT2D eigenvalue weighted by atomic mass is 32.1. The first-order valence-corrected chi connectivity index (χ1v) is 5.82. The highest BCUT2D eigenvalue weighted by Gasteiger charge is 1.99. The van der Waals surface area contributed by atoms with Crippen LogP contribution in [0.15, 0.2) is 6.07 Å². The van der Waals surface area contributed by atoms with Gasteiger partial charge in [0.2, 0.25) is 0 Å². The molecule has 0 atom stereocenters. The van der Waals surface area contributed by atoms with Crippen LogP contribution in [0.1, 0.15) is 11.5 Å². The van der Waals surface area contributed by atoms with Crippen LogP contribution in [-0.4, -0.2) is 44.0 Å². The van der Waals surface area contributed by atoms with E-state index in [4.69, 9.17) is 26.4 Å². The summed E-state index contributed by atoms with van der Waals surface area (Å²) in [6, 6.07) is 1.80. The lowest BCUT2D eigenvalue weighted by atomic mass is 10.3. The van der Waals surface area contributed by atoms with Gasteiger partial charge >= 0.3 is 0 Å². The van der Waals surface area contributed by atoms with Crippen molar-refractivity contribution in [2.24, 2.45) is 0 Å². The van der Waals surface area contributed by atoms with Crippen LogP contribution < -0.4 is 0 Å². The average molecular weight is 258 g/mol. The minimum absolute atomic E-state index is 0.504. The van der Waals surface area contributed by atoms with Crippen molar-refractivity contribution < 1.29 is 14.2 Å². The van der Waals surface area contributed by atoms with Crippen molar-refractivity contribution in [3.8, 4) is 0 Å². The zero-order valence-corrected chi connectivity index (χ0v) is 11.0. The number of methoxy groups -OCH3 is 2. The molecule has 0 unspecified atom stereocenters.